The highest BCUT2D eigenvalue weighted by molar-refractivity contribution is 9.11. The molecule has 3 amide bonds. The number of thiophene rings is 1. The Balaban J connectivity index is 1.40. The number of morpholine rings is 1. The van der Waals surface area contributed by atoms with Gasteiger partial charge in [-0.1, -0.05) is 11.6 Å². The second-order valence-corrected chi connectivity index (χ2v) is 11.4. The maximum atomic E-state index is 13.6. The van der Waals surface area contributed by atoms with Gasteiger partial charge in [-0.25, -0.2) is 0 Å². The van der Waals surface area contributed by atoms with Gasteiger partial charge in [0.15, 0.2) is 0 Å². The van der Waals surface area contributed by atoms with E-state index in [1.165, 1.54) is 11.3 Å². The Kier molecular flexibility index (Phi) is 7.38. The molecule has 2 saturated heterocycles. The van der Waals surface area contributed by atoms with Crippen molar-refractivity contribution in [3.05, 3.63) is 74.1 Å². The summed E-state index contributed by atoms with van der Waals surface area (Å²) in [6, 6.07) is 12.1. The van der Waals surface area contributed by atoms with Gasteiger partial charge in [-0.2, -0.15) is 0 Å². The molecular formula is C25H22BrClN4O4S. The van der Waals surface area contributed by atoms with Crippen molar-refractivity contribution in [1.29, 1.82) is 0 Å². The summed E-state index contributed by atoms with van der Waals surface area (Å²) in [7, 11) is 0. The summed E-state index contributed by atoms with van der Waals surface area (Å²) in [4.78, 5) is 46.7. The molecule has 2 aliphatic rings. The summed E-state index contributed by atoms with van der Waals surface area (Å²) in [5, 5.41) is 3.44. The van der Waals surface area contributed by atoms with Crippen LogP contribution in [0.4, 0.5) is 11.4 Å². The zero-order valence-electron chi connectivity index (χ0n) is 19.0. The number of nitrogens with one attached hydrogen (secondary N) is 1. The second-order valence-electron chi connectivity index (χ2n) is 8.53. The predicted molar refractivity (Wildman–Crippen MR) is 142 cm³/mol. The van der Waals surface area contributed by atoms with Gasteiger partial charge in [0.1, 0.15) is 6.61 Å². The van der Waals surface area contributed by atoms with Crippen molar-refractivity contribution in [2.45, 2.75) is 12.5 Å². The monoisotopic (exact) mass is 588 g/mol. The van der Waals surface area contributed by atoms with Crippen LogP contribution in [0.25, 0.3) is 0 Å². The summed E-state index contributed by atoms with van der Waals surface area (Å²) in [5.74, 6) is -0.937. The van der Waals surface area contributed by atoms with Crippen LogP contribution in [0.5, 0.6) is 0 Å². The van der Waals surface area contributed by atoms with E-state index in [-0.39, 0.29) is 24.3 Å². The summed E-state index contributed by atoms with van der Waals surface area (Å²) in [5.41, 5.74) is 2.16. The van der Waals surface area contributed by atoms with Gasteiger partial charge in [0.25, 0.3) is 11.8 Å². The first-order valence-electron chi connectivity index (χ1n) is 11.3. The Morgan fingerprint density at radius 1 is 1.17 bits per heavy atom. The van der Waals surface area contributed by atoms with Gasteiger partial charge in [0.05, 0.1) is 37.9 Å². The molecule has 3 aromatic rings. The van der Waals surface area contributed by atoms with E-state index in [2.05, 4.69) is 26.2 Å². The first-order valence-corrected chi connectivity index (χ1v) is 13.3. The number of nitrogens with zero attached hydrogens (tertiary/aromatic N) is 3. The molecule has 8 nitrogen and oxygen atoms in total. The number of hydrogen-bond acceptors (Lipinski definition) is 6. The van der Waals surface area contributed by atoms with Crippen molar-refractivity contribution in [3.8, 4) is 0 Å². The van der Waals surface area contributed by atoms with E-state index in [1.54, 1.807) is 46.5 Å². The van der Waals surface area contributed by atoms with E-state index in [9.17, 15) is 14.4 Å². The quantitative estimate of drug-likeness (QED) is 0.471. The van der Waals surface area contributed by atoms with Crippen LogP contribution in [-0.2, 0) is 20.7 Å². The van der Waals surface area contributed by atoms with Crippen LogP contribution in [-0.4, -0.2) is 55.1 Å². The fraction of sp³-hybridized carbons (Fsp3) is 0.280. The molecule has 2 aliphatic heterocycles. The molecule has 0 saturated carbocycles. The number of anilines is 2. The average molecular weight is 590 g/mol. The molecule has 2 atom stereocenters. The molecule has 186 valence electrons. The minimum Gasteiger partial charge on any atom is -0.370 e. The van der Waals surface area contributed by atoms with Crippen LogP contribution < -0.4 is 15.1 Å². The highest BCUT2D eigenvalue weighted by Crippen LogP contribution is 2.35. The number of hydrogen-bond donors (Lipinski definition) is 1. The van der Waals surface area contributed by atoms with Crippen LogP contribution in [0.1, 0.15) is 15.2 Å². The highest BCUT2D eigenvalue weighted by Gasteiger charge is 2.42. The van der Waals surface area contributed by atoms with Gasteiger partial charge in [-0.05, 0) is 70.4 Å². The SMILES string of the molecule is O=C(NC1CN(c2ccc(N3CCOCC3=O)c(Cl)c2)C(=O)C1Cc1ccncc1)c1ccc(Br)s1. The topological polar surface area (TPSA) is 91.8 Å². The molecule has 4 heterocycles. The number of ether oxygens (including phenoxy) is 1. The van der Waals surface area contributed by atoms with E-state index >= 15 is 0 Å². The molecule has 2 unspecified atom stereocenters. The van der Waals surface area contributed by atoms with E-state index in [4.69, 9.17) is 16.3 Å². The molecule has 0 aliphatic carbocycles. The third kappa shape index (κ3) is 5.17. The second kappa shape index (κ2) is 10.7. The first-order chi connectivity index (χ1) is 17.4. The van der Waals surface area contributed by atoms with E-state index in [0.717, 1.165) is 9.35 Å². The maximum Gasteiger partial charge on any atom is 0.261 e. The van der Waals surface area contributed by atoms with E-state index < -0.39 is 12.0 Å². The molecule has 0 radical (unpaired) electrons. The average Bonchev–Trinajstić information content (AvgIpc) is 3.44. The third-order valence-corrected chi connectivity index (χ3v) is 8.21. The smallest absolute Gasteiger partial charge is 0.261 e. The van der Waals surface area contributed by atoms with Gasteiger partial charge in [-0.3, -0.25) is 19.4 Å². The lowest BCUT2D eigenvalue weighted by Crippen LogP contribution is -2.41. The Morgan fingerprint density at radius 2 is 1.97 bits per heavy atom. The fourth-order valence-electron chi connectivity index (χ4n) is 4.50. The van der Waals surface area contributed by atoms with E-state index in [1.807, 2.05) is 18.2 Å². The van der Waals surface area contributed by atoms with Crippen molar-refractivity contribution in [2.75, 3.05) is 36.1 Å². The minimum atomic E-state index is -0.459. The lowest BCUT2D eigenvalue weighted by Gasteiger charge is -2.28. The first kappa shape index (κ1) is 24.9. The van der Waals surface area contributed by atoms with Crippen molar-refractivity contribution < 1.29 is 19.1 Å². The number of benzene rings is 1. The van der Waals surface area contributed by atoms with Gasteiger partial charge < -0.3 is 19.9 Å². The molecule has 2 fully saturated rings. The van der Waals surface area contributed by atoms with Crippen LogP contribution in [0.3, 0.4) is 0 Å². The van der Waals surface area contributed by atoms with Crippen molar-refractivity contribution in [3.63, 3.8) is 0 Å². The number of carbonyl (C=O) groups is 3. The fourth-order valence-corrected chi connectivity index (χ4v) is 6.06. The Labute approximate surface area is 225 Å². The third-order valence-electron chi connectivity index (χ3n) is 6.29. The number of amides is 3. The number of pyridine rings is 1. The maximum absolute atomic E-state index is 13.6. The van der Waals surface area contributed by atoms with Gasteiger partial charge in [0.2, 0.25) is 5.91 Å². The van der Waals surface area contributed by atoms with Gasteiger partial charge in [-0.15, -0.1) is 11.3 Å². The van der Waals surface area contributed by atoms with Crippen LogP contribution in [0, 0.1) is 5.92 Å². The molecular weight excluding hydrogens is 568 g/mol. The number of aromatic nitrogens is 1. The van der Waals surface area contributed by atoms with Crippen LogP contribution in [0.15, 0.2) is 58.6 Å². The lowest BCUT2D eigenvalue weighted by atomic mass is 9.94. The zero-order chi connectivity index (χ0) is 25.2. The summed E-state index contributed by atoms with van der Waals surface area (Å²) in [6.07, 6.45) is 3.84. The molecule has 5 rings (SSSR count). The minimum absolute atomic E-state index is 0.0154. The number of rotatable bonds is 6. The molecule has 2 aromatic heterocycles. The molecule has 0 spiro atoms. The number of carbonyl (C=O) groups excluding carboxylic acids is 3. The van der Waals surface area contributed by atoms with Crippen molar-refractivity contribution in [1.82, 2.24) is 10.3 Å². The highest BCUT2D eigenvalue weighted by atomic mass is 79.9. The Morgan fingerprint density at radius 3 is 2.67 bits per heavy atom. The summed E-state index contributed by atoms with van der Waals surface area (Å²) in [6.45, 7) is 1.18. The predicted octanol–water partition coefficient (Wildman–Crippen LogP) is 3.93. The molecule has 1 N–H and O–H groups in total. The molecule has 36 heavy (non-hydrogen) atoms. The Hall–Kier alpha value is -2.79. The molecule has 1 aromatic carbocycles. The van der Waals surface area contributed by atoms with Crippen LogP contribution in [0.2, 0.25) is 5.02 Å². The largest absolute Gasteiger partial charge is 0.370 e. The van der Waals surface area contributed by atoms with Gasteiger partial charge in [0, 0.05) is 31.2 Å². The standard InChI is InChI=1S/C25H22BrClN4O4S/c26-22-4-3-21(36-22)24(33)29-19-13-31(25(34)17(19)11-15-5-7-28-8-6-15)16-1-2-20(18(27)12-16)30-9-10-35-14-23(30)32/h1-8,12,17,19H,9-11,13-14H2,(H,29,33). The van der Waals surface area contributed by atoms with E-state index in [0.29, 0.717) is 47.4 Å². The van der Waals surface area contributed by atoms with Crippen molar-refractivity contribution in [2.24, 2.45) is 5.92 Å². The normalized spacial score (nSPS) is 20.2. The molecule has 0 bridgehead atoms. The number of halogens is 2. The summed E-state index contributed by atoms with van der Waals surface area (Å²) >= 11 is 11.3. The van der Waals surface area contributed by atoms with Crippen molar-refractivity contribution >= 4 is 68.0 Å². The Bertz CT molecular complexity index is 1300. The molecule has 11 heteroatoms. The van der Waals surface area contributed by atoms with Gasteiger partial charge >= 0.3 is 0 Å². The zero-order valence-corrected chi connectivity index (χ0v) is 22.2. The van der Waals surface area contributed by atoms with Crippen LogP contribution >= 0.6 is 38.9 Å². The summed E-state index contributed by atoms with van der Waals surface area (Å²) < 4.78 is 6.06. The lowest BCUT2D eigenvalue weighted by molar-refractivity contribution is -0.125.